The number of rotatable bonds is 5. The largest absolute Gasteiger partial charge is 0.395 e. The quantitative estimate of drug-likeness (QED) is 0.865. The molecule has 0 fully saturated rings. The van der Waals surface area contributed by atoms with E-state index in [4.69, 9.17) is 5.11 Å². The fourth-order valence-corrected chi connectivity index (χ4v) is 3.37. The fraction of sp³-hybridized carbons (Fsp3) is 0.308. The number of benzene rings is 1. The summed E-state index contributed by atoms with van der Waals surface area (Å²) in [6, 6.07) is 7.90. The Kier molecular flexibility index (Phi) is 4.14. The SMILES string of the molecule is CC[C@@H](CO)NS(=O)(=O)c1cccc2ncccc12. The number of aromatic nitrogens is 1. The summed E-state index contributed by atoms with van der Waals surface area (Å²) in [7, 11) is -3.66. The first-order valence-corrected chi connectivity index (χ1v) is 7.53. The Bertz CT molecular complexity index is 661. The van der Waals surface area contributed by atoms with Gasteiger partial charge in [0.15, 0.2) is 0 Å². The van der Waals surface area contributed by atoms with Crippen LogP contribution in [0.4, 0.5) is 0 Å². The van der Waals surface area contributed by atoms with Crippen molar-refractivity contribution in [2.24, 2.45) is 0 Å². The van der Waals surface area contributed by atoms with Gasteiger partial charge in [0.25, 0.3) is 0 Å². The van der Waals surface area contributed by atoms with Crippen molar-refractivity contribution in [2.75, 3.05) is 6.61 Å². The summed E-state index contributed by atoms with van der Waals surface area (Å²) in [6.45, 7) is 1.59. The molecule has 0 radical (unpaired) electrons. The van der Waals surface area contributed by atoms with Gasteiger partial charge >= 0.3 is 0 Å². The second kappa shape index (κ2) is 5.64. The summed E-state index contributed by atoms with van der Waals surface area (Å²) in [5.74, 6) is 0. The predicted octanol–water partition coefficient (Wildman–Crippen LogP) is 1.28. The van der Waals surface area contributed by atoms with E-state index in [0.29, 0.717) is 17.3 Å². The molecule has 6 heteroatoms. The molecule has 102 valence electrons. The molecule has 1 aromatic heterocycles. The van der Waals surface area contributed by atoms with Gasteiger partial charge in [0.2, 0.25) is 10.0 Å². The van der Waals surface area contributed by atoms with Gasteiger partial charge in [0.1, 0.15) is 0 Å². The molecular weight excluding hydrogens is 264 g/mol. The predicted molar refractivity (Wildman–Crippen MR) is 73.2 cm³/mol. The zero-order chi connectivity index (χ0) is 13.9. The Labute approximate surface area is 112 Å². The van der Waals surface area contributed by atoms with E-state index in [-0.39, 0.29) is 11.5 Å². The van der Waals surface area contributed by atoms with Crippen molar-refractivity contribution in [3.8, 4) is 0 Å². The first kappa shape index (κ1) is 13.9. The molecular formula is C13H16N2O3S. The van der Waals surface area contributed by atoms with Crippen molar-refractivity contribution in [1.82, 2.24) is 9.71 Å². The van der Waals surface area contributed by atoms with E-state index in [1.165, 1.54) is 6.07 Å². The van der Waals surface area contributed by atoms with Crippen LogP contribution in [0.3, 0.4) is 0 Å². The summed E-state index contributed by atoms with van der Waals surface area (Å²) in [4.78, 5) is 4.32. The third kappa shape index (κ3) is 2.91. The first-order valence-electron chi connectivity index (χ1n) is 6.05. The molecule has 1 atom stereocenters. The van der Waals surface area contributed by atoms with Crippen LogP contribution in [0, 0.1) is 0 Å². The zero-order valence-electron chi connectivity index (χ0n) is 10.6. The average Bonchev–Trinajstić information content (AvgIpc) is 2.44. The van der Waals surface area contributed by atoms with Crippen molar-refractivity contribution >= 4 is 20.9 Å². The molecule has 0 unspecified atom stereocenters. The van der Waals surface area contributed by atoms with Crippen LogP contribution in [0.2, 0.25) is 0 Å². The van der Waals surface area contributed by atoms with E-state index < -0.39 is 16.1 Å². The van der Waals surface area contributed by atoms with E-state index >= 15 is 0 Å². The Morgan fingerprint density at radius 1 is 1.32 bits per heavy atom. The van der Waals surface area contributed by atoms with Crippen LogP contribution in [0.5, 0.6) is 0 Å². The minimum absolute atomic E-state index is 0.185. The molecule has 2 aromatic rings. The van der Waals surface area contributed by atoms with Crippen molar-refractivity contribution in [3.63, 3.8) is 0 Å². The minimum atomic E-state index is -3.66. The number of aliphatic hydroxyl groups excluding tert-OH is 1. The first-order chi connectivity index (χ1) is 9.08. The number of aliphatic hydroxyl groups is 1. The highest BCUT2D eigenvalue weighted by molar-refractivity contribution is 7.89. The lowest BCUT2D eigenvalue weighted by Crippen LogP contribution is -2.36. The summed E-state index contributed by atoms with van der Waals surface area (Å²) in [5, 5.41) is 9.68. The van der Waals surface area contributed by atoms with Crippen LogP contribution in [0.25, 0.3) is 10.9 Å². The molecule has 1 heterocycles. The molecule has 0 aliphatic heterocycles. The van der Waals surface area contributed by atoms with Crippen LogP contribution in [0.15, 0.2) is 41.4 Å². The van der Waals surface area contributed by atoms with Crippen molar-refractivity contribution in [2.45, 2.75) is 24.3 Å². The molecule has 5 nitrogen and oxygen atoms in total. The topological polar surface area (TPSA) is 79.3 Å². The Hall–Kier alpha value is -1.50. The van der Waals surface area contributed by atoms with Gasteiger partial charge in [-0.2, -0.15) is 0 Å². The Morgan fingerprint density at radius 2 is 2.11 bits per heavy atom. The number of fused-ring (bicyclic) bond motifs is 1. The van der Waals surface area contributed by atoms with Crippen LogP contribution in [-0.2, 0) is 10.0 Å². The second-order valence-electron chi connectivity index (χ2n) is 4.24. The molecule has 0 aliphatic rings. The third-order valence-corrected chi connectivity index (χ3v) is 4.51. The summed E-state index contributed by atoms with van der Waals surface area (Å²) >= 11 is 0. The molecule has 2 rings (SSSR count). The highest BCUT2D eigenvalue weighted by Gasteiger charge is 2.20. The molecule has 0 saturated carbocycles. The van der Waals surface area contributed by atoms with Gasteiger partial charge in [-0.3, -0.25) is 4.98 Å². The fourth-order valence-electron chi connectivity index (χ4n) is 1.84. The standard InChI is InChI=1S/C13H16N2O3S/c1-2-10(9-16)15-19(17,18)13-7-3-6-12-11(13)5-4-8-14-12/h3-8,10,15-16H,2,9H2,1H3/t10-/m0/s1. The normalized spacial score (nSPS) is 13.6. The maximum atomic E-state index is 12.3. The molecule has 19 heavy (non-hydrogen) atoms. The van der Waals surface area contributed by atoms with Gasteiger partial charge < -0.3 is 5.11 Å². The third-order valence-electron chi connectivity index (χ3n) is 2.93. The van der Waals surface area contributed by atoms with Gasteiger partial charge in [-0.25, -0.2) is 13.1 Å². The lowest BCUT2D eigenvalue weighted by atomic mass is 10.2. The molecule has 0 aliphatic carbocycles. The monoisotopic (exact) mass is 280 g/mol. The van der Waals surface area contributed by atoms with Crippen LogP contribution in [0.1, 0.15) is 13.3 Å². The Balaban J connectivity index is 2.49. The maximum absolute atomic E-state index is 12.3. The lowest BCUT2D eigenvalue weighted by Gasteiger charge is -2.15. The molecule has 0 bridgehead atoms. The Morgan fingerprint density at radius 3 is 2.79 bits per heavy atom. The van der Waals surface area contributed by atoms with Crippen LogP contribution >= 0.6 is 0 Å². The number of hydrogen-bond donors (Lipinski definition) is 2. The molecule has 2 N–H and O–H groups in total. The highest BCUT2D eigenvalue weighted by atomic mass is 32.2. The van der Waals surface area contributed by atoms with Crippen molar-refractivity contribution in [1.29, 1.82) is 0 Å². The van der Waals surface area contributed by atoms with Crippen molar-refractivity contribution in [3.05, 3.63) is 36.5 Å². The van der Waals surface area contributed by atoms with Gasteiger partial charge in [-0.15, -0.1) is 0 Å². The number of nitrogens with one attached hydrogen (secondary N) is 1. The molecule has 0 amide bonds. The molecule has 0 spiro atoms. The average molecular weight is 280 g/mol. The zero-order valence-corrected chi connectivity index (χ0v) is 11.4. The summed E-state index contributed by atoms with van der Waals surface area (Å²) in [6.07, 6.45) is 2.15. The van der Waals surface area contributed by atoms with E-state index in [2.05, 4.69) is 9.71 Å². The number of nitrogens with zero attached hydrogens (tertiary/aromatic N) is 1. The summed E-state index contributed by atoms with van der Waals surface area (Å²) in [5.41, 5.74) is 0.627. The second-order valence-corrected chi connectivity index (χ2v) is 5.92. The van der Waals surface area contributed by atoms with E-state index in [1.54, 1.807) is 30.5 Å². The number of hydrogen-bond acceptors (Lipinski definition) is 4. The summed E-state index contributed by atoms with van der Waals surface area (Å²) < 4.78 is 27.1. The maximum Gasteiger partial charge on any atom is 0.241 e. The van der Waals surface area contributed by atoms with Gasteiger partial charge in [-0.1, -0.05) is 13.0 Å². The van der Waals surface area contributed by atoms with Crippen LogP contribution in [-0.4, -0.2) is 31.2 Å². The molecule has 0 saturated heterocycles. The van der Waals surface area contributed by atoms with Crippen molar-refractivity contribution < 1.29 is 13.5 Å². The minimum Gasteiger partial charge on any atom is -0.395 e. The van der Waals surface area contributed by atoms with E-state index in [9.17, 15) is 8.42 Å². The van der Waals surface area contributed by atoms with Crippen LogP contribution < -0.4 is 4.72 Å². The van der Waals surface area contributed by atoms with Gasteiger partial charge in [-0.05, 0) is 30.7 Å². The molecule has 1 aromatic carbocycles. The van der Waals surface area contributed by atoms with Gasteiger partial charge in [0, 0.05) is 17.6 Å². The smallest absolute Gasteiger partial charge is 0.241 e. The van der Waals surface area contributed by atoms with Gasteiger partial charge in [0.05, 0.1) is 17.0 Å². The number of pyridine rings is 1. The highest BCUT2D eigenvalue weighted by Crippen LogP contribution is 2.21. The van der Waals surface area contributed by atoms with E-state index in [0.717, 1.165) is 0 Å². The lowest BCUT2D eigenvalue weighted by molar-refractivity contribution is 0.254. The van der Waals surface area contributed by atoms with E-state index in [1.807, 2.05) is 6.92 Å². The number of sulfonamides is 1.